The van der Waals surface area contributed by atoms with E-state index in [1.54, 1.807) is 7.11 Å². The molecule has 0 radical (unpaired) electrons. The van der Waals surface area contributed by atoms with Crippen LogP contribution in [0, 0.1) is 0 Å². The zero-order chi connectivity index (χ0) is 13.8. The van der Waals surface area contributed by atoms with Crippen molar-refractivity contribution in [3.05, 3.63) is 48.0 Å². The predicted molar refractivity (Wildman–Crippen MR) is 76.2 cm³/mol. The minimum absolute atomic E-state index is 0.180. The van der Waals surface area contributed by atoms with Gasteiger partial charge in [0.25, 0.3) is 0 Å². The second-order valence-corrected chi connectivity index (χ2v) is 4.75. The Kier molecular flexibility index (Phi) is 4.22. The lowest BCUT2D eigenvalue weighted by Crippen LogP contribution is -2.25. The third-order valence-electron chi connectivity index (χ3n) is 3.35. The molecular weight excluding hydrogens is 238 g/mol. The molecule has 4 nitrogen and oxygen atoms in total. The number of ether oxygens (including phenoxy) is 1. The summed E-state index contributed by atoms with van der Waals surface area (Å²) in [6, 6.07) is 8.46. The molecule has 0 saturated carbocycles. The van der Waals surface area contributed by atoms with E-state index in [-0.39, 0.29) is 12.1 Å². The Morgan fingerprint density at radius 3 is 2.58 bits per heavy atom. The third-order valence-corrected chi connectivity index (χ3v) is 3.35. The van der Waals surface area contributed by atoms with Crippen LogP contribution in [0.25, 0.3) is 0 Å². The maximum Gasteiger partial charge on any atom is 0.125 e. The van der Waals surface area contributed by atoms with Gasteiger partial charge in [-0.25, -0.2) is 4.98 Å². The molecule has 2 aromatic rings. The van der Waals surface area contributed by atoms with Crippen molar-refractivity contribution < 1.29 is 4.74 Å². The van der Waals surface area contributed by atoms with Crippen LogP contribution in [0.4, 0.5) is 0 Å². The van der Waals surface area contributed by atoms with Crippen molar-refractivity contribution in [1.29, 1.82) is 0 Å². The quantitative estimate of drug-likeness (QED) is 0.897. The van der Waals surface area contributed by atoms with Gasteiger partial charge in [-0.15, -0.1) is 0 Å². The number of methoxy groups -OCH3 is 1. The number of para-hydroxylation sites is 1. The van der Waals surface area contributed by atoms with Crippen molar-refractivity contribution in [2.45, 2.75) is 25.9 Å². The minimum Gasteiger partial charge on any atom is -0.496 e. The summed E-state index contributed by atoms with van der Waals surface area (Å²) >= 11 is 0. The summed E-state index contributed by atoms with van der Waals surface area (Å²) in [5.41, 5.74) is 1.16. The van der Waals surface area contributed by atoms with E-state index in [1.807, 2.05) is 42.2 Å². The summed E-state index contributed by atoms with van der Waals surface area (Å²) in [6.45, 7) is 4.26. The number of benzene rings is 1. The lowest BCUT2D eigenvalue weighted by atomic mass is 10.1. The first-order chi connectivity index (χ1) is 9.13. The van der Waals surface area contributed by atoms with Gasteiger partial charge in [0.15, 0.2) is 0 Å². The monoisotopic (exact) mass is 259 g/mol. The van der Waals surface area contributed by atoms with Gasteiger partial charge in [-0.05, 0) is 19.9 Å². The highest BCUT2D eigenvalue weighted by Gasteiger charge is 2.16. The van der Waals surface area contributed by atoms with Gasteiger partial charge in [-0.2, -0.15) is 0 Å². The Morgan fingerprint density at radius 1 is 1.21 bits per heavy atom. The van der Waals surface area contributed by atoms with Crippen LogP contribution in [-0.4, -0.2) is 16.7 Å². The van der Waals surface area contributed by atoms with E-state index in [9.17, 15) is 0 Å². The molecule has 1 heterocycles. The molecule has 0 spiro atoms. The third kappa shape index (κ3) is 2.96. The predicted octanol–water partition coefficient (Wildman–Crippen LogP) is 2.84. The molecule has 2 atom stereocenters. The zero-order valence-corrected chi connectivity index (χ0v) is 11.9. The van der Waals surface area contributed by atoms with E-state index in [0.717, 1.165) is 17.1 Å². The van der Waals surface area contributed by atoms with Gasteiger partial charge >= 0.3 is 0 Å². The van der Waals surface area contributed by atoms with Gasteiger partial charge < -0.3 is 14.6 Å². The standard InChI is InChI=1S/C15H21N3O/c1-11(13-7-5-6-8-14(13)19-4)17-12(2)15-16-9-10-18(15)3/h5-12,17H,1-4H3/t11-,12?/m0/s1. The fourth-order valence-electron chi connectivity index (χ4n) is 2.36. The van der Waals surface area contributed by atoms with Crippen molar-refractivity contribution in [2.75, 3.05) is 7.11 Å². The Morgan fingerprint density at radius 2 is 1.95 bits per heavy atom. The van der Waals surface area contributed by atoms with Crippen LogP contribution in [-0.2, 0) is 7.05 Å². The Hall–Kier alpha value is -1.81. The van der Waals surface area contributed by atoms with Gasteiger partial charge in [0, 0.05) is 31.0 Å². The van der Waals surface area contributed by atoms with E-state index in [4.69, 9.17) is 4.74 Å². The van der Waals surface area contributed by atoms with Gasteiger partial charge in [0.1, 0.15) is 11.6 Å². The SMILES string of the molecule is COc1ccccc1[C@H](C)NC(C)c1nccn1C. The largest absolute Gasteiger partial charge is 0.496 e. The molecule has 1 N–H and O–H groups in total. The van der Waals surface area contributed by atoms with Crippen LogP contribution in [0.15, 0.2) is 36.7 Å². The average Bonchev–Trinajstić information content (AvgIpc) is 2.85. The first-order valence-electron chi connectivity index (χ1n) is 6.49. The summed E-state index contributed by atoms with van der Waals surface area (Å²) in [7, 11) is 3.71. The summed E-state index contributed by atoms with van der Waals surface area (Å²) in [4.78, 5) is 4.37. The molecule has 0 saturated heterocycles. The van der Waals surface area contributed by atoms with Crippen LogP contribution in [0.2, 0.25) is 0 Å². The molecule has 19 heavy (non-hydrogen) atoms. The van der Waals surface area contributed by atoms with Gasteiger partial charge in [-0.3, -0.25) is 0 Å². The second-order valence-electron chi connectivity index (χ2n) is 4.75. The van der Waals surface area contributed by atoms with Crippen molar-refractivity contribution >= 4 is 0 Å². The number of hydrogen-bond acceptors (Lipinski definition) is 3. The number of aryl methyl sites for hydroxylation is 1. The molecule has 0 aliphatic heterocycles. The number of rotatable bonds is 5. The first-order valence-corrected chi connectivity index (χ1v) is 6.49. The highest BCUT2D eigenvalue weighted by atomic mass is 16.5. The summed E-state index contributed by atoms with van der Waals surface area (Å²) in [6.07, 6.45) is 3.78. The van der Waals surface area contributed by atoms with E-state index >= 15 is 0 Å². The van der Waals surface area contributed by atoms with Crippen LogP contribution in [0.1, 0.15) is 37.3 Å². The molecular formula is C15H21N3O. The molecule has 0 bridgehead atoms. The van der Waals surface area contributed by atoms with E-state index < -0.39 is 0 Å². The minimum atomic E-state index is 0.180. The molecule has 0 fully saturated rings. The molecule has 0 aliphatic rings. The number of aromatic nitrogens is 2. The topological polar surface area (TPSA) is 39.1 Å². The van der Waals surface area contributed by atoms with Crippen molar-refractivity contribution in [3.63, 3.8) is 0 Å². The van der Waals surface area contributed by atoms with Crippen LogP contribution >= 0.6 is 0 Å². The van der Waals surface area contributed by atoms with Crippen molar-refractivity contribution in [3.8, 4) is 5.75 Å². The Balaban J connectivity index is 2.13. The van der Waals surface area contributed by atoms with Crippen molar-refractivity contribution in [1.82, 2.24) is 14.9 Å². The highest BCUT2D eigenvalue weighted by molar-refractivity contribution is 5.35. The lowest BCUT2D eigenvalue weighted by Gasteiger charge is -2.21. The van der Waals surface area contributed by atoms with Gasteiger partial charge in [0.2, 0.25) is 0 Å². The molecule has 0 amide bonds. The fourth-order valence-corrected chi connectivity index (χ4v) is 2.36. The van der Waals surface area contributed by atoms with Crippen LogP contribution in [0.3, 0.4) is 0 Å². The van der Waals surface area contributed by atoms with Crippen LogP contribution in [0.5, 0.6) is 5.75 Å². The Labute approximate surface area is 114 Å². The van der Waals surface area contributed by atoms with Gasteiger partial charge in [0.05, 0.1) is 13.2 Å². The molecule has 1 aromatic carbocycles. The molecule has 1 aromatic heterocycles. The average molecular weight is 259 g/mol. The smallest absolute Gasteiger partial charge is 0.125 e. The molecule has 102 valence electrons. The Bertz CT molecular complexity index is 536. The number of nitrogens with zero attached hydrogens (tertiary/aromatic N) is 2. The van der Waals surface area contributed by atoms with E-state index in [1.165, 1.54) is 0 Å². The van der Waals surface area contributed by atoms with Crippen LogP contribution < -0.4 is 10.1 Å². The van der Waals surface area contributed by atoms with E-state index in [2.05, 4.69) is 30.2 Å². The zero-order valence-electron chi connectivity index (χ0n) is 11.9. The van der Waals surface area contributed by atoms with E-state index in [0.29, 0.717) is 0 Å². The van der Waals surface area contributed by atoms with Gasteiger partial charge in [-0.1, -0.05) is 18.2 Å². The molecule has 4 heteroatoms. The maximum absolute atomic E-state index is 5.40. The molecule has 2 rings (SSSR count). The number of nitrogens with one attached hydrogen (secondary N) is 1. The highest BCUT2D eigenvalue weighted by Crippen LogP contribution is 2.26. The molecule has 1 unspecified atom stereocenters. The summed E-state index contributed by atoms with van der Waals surface area (Å²) in [5, 5.41) is 3.55. The molecule has 0 aliphatic carbocycles. The fraction of sp³-hybridized carbons (Fsp3) is 0.400. The number of imidazole rings is 1. The first kappa shape index (κ1) is 13.6. The normalized spacial score (nSPS) is 14.1. The maximum atomic E-state index is 5.40. The lowest BCUT2D eigenvalue weighted by molar-refractivity contribution is 0.394. The van der Waals surface area contributed by atoms with Crippen molar-refractivity contribution in [2.24, 2.45) is 7.05 Å². The number of hydrogen-bond donors (Lipinski definition) is 1. The summed E-state index contributed by atoms with van der Waals surface area (Å²) < 4.78 is 7.44. The summed E-state index contributed by atoms with van der Waals surface area (Å²) in [5.74, 6) is 1.94. The second kappa shape index (κ2) is 5.89.